The summed E-state index contributed by atoms with van der Waals surface area (Å²) in [4.78, 5) is 16.8. The van der Waals surface area contributed by atoms with Crippen molar-refractivity contribution in [3.05, 3.63) is 30.1 Å². The number of rotatable bonds is 7. The number of Topliss-reactive ketones (excluding diaryl/α,β-unsaturated/α-hetero) is 1. The predicted molar refractivity (Wildman–Crippen MR) is 86.0 cm³/mol. The van der Waals surface area contributed by atoms with Crippen molar-refractivity contribution >= 4 is 16.8 Å². The molecule has 2 rings (SSSR count). The number of hydrogen-bond acceptors (Lipinski definition) is 3. The van der Waals surface area contributed by atoms with Gasteiger partial charge in [-0.1, -0.05) is 26.0 Å². The summed E-state index contributed by atoms with van der Waals surface area (Å²) in [5.41, 5.74) is 7.79. The van der Waals surface area contributed by atoms with Crippen molar-refractivity contribution in [2.45, 2.75) is 33.1 Å². The molecule has 0 saturated carbocycles. The van der Waals surface area contributed by atoms with E-state index in [1.807, 2.05) is 35.9 Å². The summed E-state index contributed by atoms with van der Waals surface area (Å²) in [5.74, 6) is 1.92. The summed E-state index contributed by atoms with van der Waals surface area (Å²) >= 11 is 0. The molecule has 1 unspecified atom stereocenters. The fourth-order valence-corrected chi connectivity index (χ4v) is 2.85. The second-order valence-electron chi connectivity index (χ2n) is 6.23. The number of ketones is 1. The summed E-state index contributed by atoms with van der Waals surface area (Å²) in [6.07, 6.45) is 1.95. The molecule has 4 heteroatoms. The van der Waals surface area contributed by atoms with Gasteiger partial charge in [0.05, 0.1) is 17.5 Å². The first kappa shape index (κ1) is 15.7. The normalized spacial score (nSPS) is 13.0. The lowest BCUT2D eigenvalue weighted by Gasteiger charge is -2.16. The zero-order valence-corrected chi connectivity index (χ0v) is 13.2. The number of nitrogens with zero attached hydrogens (tertiary/aromatic N) is 2. The van der Waals surface area contributed by atoms with E-state index >= 15 is 0 Å². The minimum atomic E-state index is 0.226. The van der Waals surface area contributed by atoms with Crippen LogP contribution in [0.3, 0.4) is 0 Å². The van der Waals surface area contributed by atoms with E-state index < -0.39 is 0 Å². The molecule has 0 spiro atoms. The van der Waals surface area contributed by atoms with Gasteiger partial charge >= 0.3 is 0 Å². The van der Waals surface area contributed by atoms with Crippen LogP contribution in [0.15, 0.2) is 24.3 Å². The minimum absolute atomic E-state index is 0.226. The van der Waals surface area contributed by atoms with Crippen LogP contribution in [0.1, 0.15) is 32.5 Å². The van der Waals surface area contributed by atoms with Gasteiger partial charge in [0, 0.05) is 13.5 Å². The predicted octanol–water partition coefficient (Wildman–Crippen LogP) is 2.70. The van der Waals surface area contributed by atoms with E-state index in [9.17, 15) is 4.79 Å². The van der Waals surface area contributed by atoms with Gasteiger partial charge in [-0.3, -0.25) is 4.79 Å². The molecular weight excluding hydrogens is 262 g/mol. The van der Waals surface area contributed by atoms with Crippen molar-refractivity contribution in [2.24, 2.45) is 24.6 Å². The molecule has 4 nitrogen and oxygen atoms in total. The third-order valence-corrected chi connectivity index (χ3v) is 3.89. The van der Waals surface area contributed by atoms with Crippen LogP contribution in [0.2, 0.25) is 0 Å². The fourth-order valence-electron chi connectivity index (χ4n) is 2.85. The van der Waals surface area contributed by atoms with Crippen LogP contribution < -0.4 is 5.73 Å². The third kappa shape index (κ3) is 3.91. The van der Waals surface area contributed by atoms with E-state index in [-0.39, 0.29) is 11.7 Å². The molecule has 114 valence electrons. The Kier molecular flexibility index (Phi) is 5.12. The van der Waals surface area contributed by atoms with Crippen molar-refractivity contribution < 1.29 is 4.79 Å². The topological polar surface area (TPSA) is 60.9 Å². The summed E-state index contributed by atoms with van der Waals surface area (Å²) in [6, 6.07) is 7.96. The molecule has 1 heterocycles. The van der Waals surface area contributed by atoms with E-state index in [2.05, 4.69) is 18.8 Å². The van der Waals surface area contributed by atoms with Crippen LogP contribution in [0, 0.1) is 11.8 Å². The maximum Gasteiger partial charge on any atom is 0.140 e. The van der Waals surface area contributed by atoms with Crippen molar-refractivity contribution in [2.75, 3.05) is 6.54 Å². The third-order valence-electron chi connectivity index (χ3n) is 3.89. The number of nitrogens with two attached hydrogens (primary N) is 1. The number of fused-ring (bicyclic) bond motifs is 1. The number of aryl methyl sites for hydroxylation is 1. The molecule has 0 saturated heterocycles. The molecule has 2 aromatic rings. The highest BCUT2D eigenvalue weighted by Gasteiger charge is 2.17. The molecule has 2 N–H and O–H groups in total. The second-order valence-corrected chi connectivity index (χ2v) is 6.23. The molecule has 0 fully saturated rings. The highest BCUT2D eigenvalue weighted by atomic mass is 16.1. The molecule has 1 atom stereocenters. The van der Waals surface area contributed by atoms with Gasteiger partial charge in [-0.05, 0) is 36.9 Å². The molecule has 21 heavy (non-hydrogen) atoms. The van der Waals surface area contributed by atoms with E-state index in [1.54, 1.807) is 0 Å². The van der Waals surface area contributed by atoms with Crippen molar-refractivity contribution in [1.82, 2.24) is 9.55 Å². The SMILES string of the molecule is CC(C)CC(CN)CC(=O)Cc1nc2ccccc2n1C. The molecule has 0 aliphatic heterocycles. The summed E-state index contributed by atoms with van der Waals surface area (Å²) < 4.78 is 2.01. The summed E-state index contributed by atoms with van der Waals surface area (Å²) in [6.45, 7) is 4.91. The minimum Gasteiger partial charge on any atom is -0.331 e. The van der Waals surface area contributed by atoms with Crippen LogP contribution in [0.5, 0.6) is 0 Å². The number of benzene rings is 1. The quantitative estimate of drug-likeness (QED) is 0.851. The van der Waals surface area contributed by atoms with Gasteiger partial charge in [-0.2, -0.15) is 0 Å². The van der Waals surface area contributed by atoms with Gasteiger partial charge in [-0.15, -0.1) is 0 Å². The lowest BCUT2D eigenvalue weighted by Crippen LogP contribution is -2.21. The van der Waals surface area contributed by atoms with Gasteiger partial charge in [0.15, 0.2) is 0 Å². The molecule has 0 radical (unpaired) electrons. The number of para-hydroxylation sites is 2. The average Bonchev–Trinajstić information content (AvgIpc) is 2.74. The van der Waals surface area contributed by atoms with E-state index in [1.165, 1.54) is 0 Å². The maximum atomic E-state index is 12.3. The largest absolute Gasteiger partial charge is 0.331 e. The van der Waals surface area contributed by atoms with Crippen molar-refractivity contribution in [3.63, 3.8) is 0 Å². The molecular formula is C17H25N3O. The number of aromatic nitrogens is 2. The highest BCUT2D eigenvalue weighted by molar-refractivity contribution is 5.82. The van der Waals surface area contributed by atoms with Gasteiger partial charge in [0.25, 0.3) is 0 Å². The summed E-state index contributed by atoms with van der Waals surface area (Å²) in [5, 5.41) is 0. The number of carbonyl (C=O) groups excluding carboxylic acids is 1. The van der Waals surface area contributed by atoms with Crippen LogP contribution >= 0.6 is 0 Å². The Morgan fingerprint density at radius 1 is 1.33 bits per heavy atom. The Bertz CT molecular complexity index is 616. The first-order chi connectivity index (χ1) is 10.0. The molecule has 0 amide bonds. The standard InChI is InChI=1S/C17H25N3O/c1-12(2)8-13(11-18)9-14(21)10-17-19-15-6-4-5-7-16(15)20(17)3/h4-7,12-13H,8-11,18H2,1-3H3. The van der Waals surface area contributed by atoms with E-state index in [0.717, 1.165) is 23.3 Å². The van der Waals surface area contributed by atoms with Crippen LogP contribution in [0.4, 0.5) is 0 Å². The van der Waals surface area contributed by atoms with E-state index in [0.29, 0.717) is 25.3 Å². The Balaban J connectivity index is 2.05. The Morgan fingerprint density at radius 3 is 2.67 bits per heavy atom. The molecule has 0 aliphatic carbocycles. The van der Waals surface area contributed by atoms with Crippen LogP contribution in [0.25, 0.3) is 11.0 Å². The Labute approximate surface area is 126 Å². The molecule has 0 bridgehead atoms. The Hall–Kier alpha value is -1.68. The van der Waals surface area contributed by atoms with Gasteiger partial charge in [0.1, 0.15) is 11.6 Å². The van der Waals surface area contributed by atoms with Crippen LogP contribution in [-0.2, 0) is 18.3 Å². The first-order valence-electron chi connectivity index (χ1n) is 7.63. The number of carbonyl (C=O) groups is 1. The zero-order chi connectivity index (χ0) is 15.4. The first-order valence-corrected chi connectivity index (χ1v) is 7.63. The lowest BCUT2D eigenvalue weighted by atomic mass is 9.92. The smallest absolute Gasteiger partial charge is 0.140 e. The average molecular weight is 287 g/mol. The fraction of sp³-hybridized carbons (Fsp3) is 0.529. The van der Waals surface area contributed by atoms with Gasteiger partial charge in [-0.25, -0.2) is 4.98 Å². The van der Waals surface area contributed by atoms with Crippen molar-refractivity contribution in [1.29, 1.82) is 0 Å². The number of hydrogen-bond donors (Lipinski definition) is 1. The molecule has 1 aromatic heterocycles. The van der Waals surface area contributed by atoms with E-state index in [4.69, 9.17) is 5.73 Å². The Morgan fingerprint density at radius 2 is 2.05 bits per heavy atom. The van der Waals surface area contributed by atoms with Crippen LogP contribution in [-0.4, -0.2) is 21.9 Å². The summed E-state index contributed by atoms with van der Waals surface area (Å²) in [7, 11) is 1.96. The zero-order valence-electron chi connectivity index (χ0n) is 13.2. The van der Waals surface area contributed by atoms with Crippen molar-refractivity contribution in [3.8, 4) is 0 Å². The monoisotopic (exact) mass is 287 g/mol. The molecule has 0 aliphatic rings. The molecule has 1 aromatic carbocycles. The maximum absolute atomic E-state index is 12.3. The van der Waals surface area contributed by atoms with Gasteiger partial charge in [0.2, 0.25) is 0 Å². The number of imidazole rings is 1. The highest BCUT2D eigenvalue weighted by Crippen LogP contribution is 2.18. The second kappa shape index (κ2) is 6.85. The van der Waals surface area contributed by atoms with Gasteiger partial charge < -0.3 is 10.3 Å². The lowest BCUT2D eigenvalue weighted by molar-refractivity contribution is -0.119.